The third-order valence-electron chi connectivity index (χ3n) is 5.45. The summed E-state index contributed by atoms with van der Waals surface area (Å²) in [7, 11) is 0. The first kappa shape index (κ1) is 22.0. The van der Waals surface area contributed by atoms with Crippen molar-refractivity contribution in [1.82, 2.24) is 9.97 Å². The highest BCUT2D eigenvalue weighted by Gasteiger charge is 2.14. The van der Waals surface area contributed by atoms with Gasteiger partial charge in [-0.15, -0.1) is 0 Å². The summed E-state index contributed by atoms with van der Waals surface area (Å²) in [4.78, 5) is 22.1. The minimum absolute atomic E-state index is 0.0922. The fraction of sp³-hybridized carbons (Fsp3) is 0.192. The van der Waals surface area contributed by atoms with Crippen molar-refractivity contribution in [1.29, 1.82) is 0 Å². The van der Waals surface area contributed by atoms with Gasteiger partial charge in [-0.25, -0.2) is 14.4 Å². The Kier molecular flexibility index (Phi) is 6.51. The van der Waals surface area contributed by atoms with Crippen LogP contribution < -0.4 is 5.32 Å². The van der Waals surface area contributed by atoms with Gasteiger partial charge in [0.05, 0.1) is 11.3 Å². The van der Waals surface area contributed by atoms with E-state index < -0.39 is 0 Å². The molecule has 0 saturated carbocycles. The Balaban J connectivity index is 1.64. The van der Waals surface area contributed by atoms with Gasteiger partial charge in [-0.05, 0) is 79.4 Å². The molecule has 1 N–H and O–H groups in total. The Hall–Kier alpha value is -3.25. The molecule has 4 aromatic rings. The predicted molar refractivity (Wildman–Crippen MR) is 130 cm³/mol. The van der Waals surface area contributed by atoms with E-state index in [9.17, 15) is 9.18 Å². The third kappa shape index (κ3) is 4.81. The van der Waals surface area contributed by atoms with Crippen molar-refractivity contribution in [2.24, 2.45) is 0 Å². The van der Waals surface area contributed by atoms with Gasteiger partial charge in [0, 0.05) is 16.6 Å². The smallest absolute Gasteiger partial charge is 0.234 e. The van der Waals surface area contributed by atoms with Crippen LogP contribution in [0.2, 0.25) is 0 Å². The molecule has 0 saturated heterocycles. The van der Waals surface area contributed by atoms with E-state index in [2.05, 4.69) is 23.3 Å². The maximum atomic E-state index is 13.4. The second kappa shape index (κ2) is 9.49. The lowest BCUT2D eigenvalue weighted by Crippen LogP contribution is -2.15. The molecule has 0 atom stereocenters. The fourth-order valence-electron chi connectivity index (χ4n) is 3.41. The number of thioether (sulfide) groups is 1. The van der Waals surface area contributed by atoms with Crippen LogP contribution in [-0.2, 0) is 11.2 Å². The lowest BCUT2D eigenvalue weighted by atomic mass is 10.1. The van der Waals surface area contributed by atoms with Crippen LogP contribution in [0.1, 0.15) is 23.6 Å². The SMILES string of the molecule is CCc1ccc2nc(-c3ccc(F)cc3)nc(SCC(=O)Nc3cccc(C)c3C)c2c1. The zero-order valence-electron chi connectivity index (χ0n) is 18.3. The molecule has 4 rings (SSSR count). The van der Waals surface area contributed by atoms with Gasteiger partial charge in [-0.1, -0.05) is 36.9 Å². The van der Waals surface area contributed by atoms with Crippen molar-refractivity contribution >= 4 is 34.3 Å². The van der Waals surface area contributed by atoms with Crippen LogP contribution in [0.25, 0.3) is 22.3 Å². The summed E-state index contributed by atoms with van der Waals surface area (Å²) in [6.45, 7) is 6.12. The van der Waals surface area contributed by atoms with Crippen molar-refractivity contribution in [2.75, 3.05) is 11.1 Å². The summed E-state index contributed by atoms with van der Waals surface area (Å²) in [5, 5.41) is 4.65. The van der Waals surface area contributed by atoms with E-state index in [0.29, 0.717) is 5.82 Å². The number of nitrogens with one attached hydrogen (secondary N) is 1. The summed E-state index contributed by atoms with van der Waals surface area (Å²) in [6, 6.07) is 18.1. The lowest BCUT2D eigenvalue weighted by Gasteiger charge is -2.12. The van der Waals surface area contributed by atoms with Gasteiger partial charge >= 0.3 is 0 Å². The number of rotatable bonds is 6. The van der Waals surface area contributed by atoms with E-state index >= 15 is 0 Å². The van der Waals surface area contributed by atoms with E-state index in [1.165, 1.54) is 29.5 Å². The first-order chi connectivity index (χ1) is 15.4. The molecule has 3 aromatic carbocycles. The van der Waals surface area contributed by atoms with Gasteiger partial charge in [-0.2, -0.15) is 0 Å². The monoisotopic (exact) mass is 445 g/mol. The Morgan fingerprint density at radius 2 is 1.81 bits per heavy atom. The molecule has 0 radical (unpaired) electrons. The van der Waals surface area contributed by atoms with Crippen molar-refractivity contribution in [2.45, 2.75) is 32.2 Å². The first-order valence-electron chi connectivity index (χ1n) is 10.5. The van der Waals surface area contributed by atoms with Crippen LogP contribution >= 0.6 is 11.8 Å². The maximum Gasteiger partial charge on any atom is 0.234 e. The number of fused-ring (bicyclic) bond motifs is 1. The van der Waals surface area contributed by atoms with Crippen LogP contribution in [0.4, 0.5) is 10.1 Å². The van der Waals surface area contributed by atoms with Gasteiger partial charge < -0.3 is 5.32 Å². The third-order valence-corrected chi connectivity index (χ3v) is 6.45. The fourth-order valence-corrected chi connectivity index (χ4v) is 4.22. The molecule has 0 aliphatic carbocycles. The summed E-state index contributed by atoms with van der Waals surface area (Å²) < 4.78 is 13.4. The highest BCUT2D eigenvalue weighted by Crippen LogP contribution is 2.30. The molecule has 6 heteroatoms. The minimum atomic E-state index is -0.306. The summed E-state index contributed by atoms with van der Waals surface area (Å²) >= 11 is 1.38. The van der Waals surface area contributed by atoms with Gasteiger partial charge in [-0.3, -0.25) is 4.79 Å². The Morgan fingerprint density at radius 3 is 2.56 bits per heavy atom. The molecule has 0 fully saturated rings. The summed E-state index contributed by atoms with van der Waals surface area (Å²) in [5.41, 5.74) is 5.72. The number of carbonyl (C=O) groups is 1. The predicted octanol–water partition coefficient (Wildman–Crippen LogP) is 6.35. The van der Waals surface area contributed by atoms with Crippen LogP contribution in [0, 0.1) is 19.7 Å². The zero-order valence-corrected chi connectivity index (χ0v) is 19.1. The number of anilines is 1. The number of amides is 1. The average Bonchev–Trinajstić information content (AvgIpc) is 2.80. The molecular formula is C26H24FN3OS. The maximum absolute atomic E-state index is 13.4. The highest BCUT2D eigenvalue weighted by molar-refractivity contribution is 8.00. The number of hydrogen-bond acceptors (Lipinski definition) is 4. The number of benzene rings is 3. The molecule has 32 heavy (non-hydrogen) atoms. The lowest BCUT2D eigenvalue weighted by molar-refractivity contribution is -0.113. The topological polar surface area (TPSA) is 54.9 Å². The highest BCUT2D eigenvalue weighted by atomic mass is 32.2. The Bertz CT molecular complexity index is 1290. The van der Waals surface area contributed by atoms with Gasteiger partial charge in [0.25, 0.3) is 0 Å². The zero-order chi connectivity index (χ0) is 22.7. The van der Waals surface area contributed by atoms with Crippen molar-refractivity contribution in [3.63, 3.8) is 0 Å². The molecule has 1 amide bonds. The number of nitrogens with zero attached hydrogens (tertiary/aromatic N) is 2. The molecule has 1 heterocycles. The number of carbonyl (C=O) groups excluding carboxylic acids is 1. The molecule has 0 bridgehead atoms. The van der Waals surface area contributed by atoms with E-state index in [1.807, 2.05) is 44.2 Å². The van der Waals surface area contributed by atoms with Crippen LogP contribution in [0.5, 0.6) is 0 Å². The minimum Gasteiger partial charge on any atom is -0.325 e. The second-order valence-corrected chi connectivity index (χ2v) is 8.61. The van der Waals surface area contributed by atoms with Gasteiger partial charge in [0.15, 0.2) is 5.82 Å². The van der Waals surface area contributed by atoms with E-state index in [4.69, 9.17) is 4.98 Å². The Labute approximate surface area is 191 Å². The van der Waals surface area contributed by atoms with E-state index in [1.54, 1.807) is 12.1 Å². The van der Waals surface area contributed by atoms with Crippen molar-refractivity contribution < 1.29 is 9.18 Å². The normalized spacial score (nSPS) is 11.0. The van der Waals surface area contributed by atoms with Crippen LogP contribution in [0.15, 0.2) is 65.7 Å². The number of hydrogen-bond donors (Lipinski definition) is 1. The molecule has 0 unspecified atom stereocenters. The van der Waals surface area contributed by atoms with Crippen LogP contribution in [-0.4, -0.2) is 21.6 Å². The average molecular weight is 446 g/mol. The summed E-state index contributed by atoms with van der Waals surface area (Å²) in [6.07, 6.45) is 0.896. The van der Waals surface area contributed by atoms with Crippen LogP contribution in [0.3, 0.4) is 0 Å². The van der Waals surface area contributed by atoms with Crippen molar-refractivity contribution in [3.05, 3.63) is 83.2 Å². The summed E-state index contributed by atoms with van der Waals surface area (Å²) in [5.74, 6) is 0.336. The number of halogens is 1. The largest absolute Gasteiger partial charge is 0.325 e. The van der Waals surface area contributed by atoms with E-state index in [0.717, 1.165) is 44.7 Å². The molecule has 0 aliphatic heterocycles. The molecule has 0 spiro atoms. The van der Waals surface area contributed by atoms with Crippen molar-refractivity contribution in [3.8, 4) is 11.4 Å². The van der Waals surface area contributed by atoms with Gasteiger partial charge in [0.2, 0.25) is 5.91 Å². The molecule has 4 nitrogen and oxygen atoms in total. The molecule has 1 aromatic heterocycles. The number of aromatic nitrogens is 2. The first-order valence-corrected chi connectivity index (χ1v) is 11.5. The number of aryl methyl sites for hydroxylation is 2. The molecular weight excluding hydrogens is 421 g/mol. The molecule has 162 valence electrons. The second-order valence-electron chi connectivity index (χ2n) is 7.65. The standard InChI is InChI=1S/C26H24FN3OS/c1-4-18-8-13-23-21(14-18)26(30-25(29-23)19-9-11-20(27)12-10-19)32-15-24(31)28-22-7-5-6-16(2)17(22)3/h5-14H,4,15H2,1-3H3,(H,28,31). The quantitative estimate of drug-likeness (QED) is 0.278. The van der Waals surface area contributed by atoms with Gasteiger partial charge in [0.1, 0.15) is 10.8 Å². The Morgan fingerprint density at radius 1 is 1.03 bits per heavy atom. The van der Waals surface area contributed by atoms with E-state index in [-0.39, 0.29) is 17.5 Å². The molecule has 0 aliphatic rings.